The minimum absolute atomic E-state index is 0.0153. The van der Waals surface area contributed by atoms with E-state index in [-0.39, 0.29) is 42.8 Å². The number of nitrogens with one attached hydrogen (secondary N) is 1. The Hall–Kier alpha value is -4.51. The van der Waals surface area contributed by atoms with Gasteiger partial charge in [-0.25, -0.2) is 26.9 Å². The zero-order valence-electron chi connectivity index (χ0n) is 28.9. The maximum Gasteiger partial charge on any atom is 0.258 e. The molecule has 0 radical (unpaired) electrons. The van der Waals surface area contributed by atoms with Crippen LogP contribution in [-0.2, 0) is 19.2 Å². The van der Waals surface area contributed by atoms with Crippen LogP contribution in [0.15, 0.2) is 81.3 Å². The summed E-state index contributed by atoms with van der Waals surface area (Å²) in [5.74, 6) is -22.5. The van der Waals surface area contributed by atoms with Crippen molar-refractivity contribution in [1.29, 1.82) is 0 Å². The van der Waals surface area contributed by atoms with Gasteiger partial charge in [0.05, 0.1) is 29.1 Å². The number of carbonyl (C=O) groups is 4. The molecule has 6 unspecified atom stereocenters. The van der Waals surface area contributed by atoms with Crippen molar-refractivity contribution < 1.29 is 51.0 Å². The topological polar surface area (TPSA) is 116 Å². The van der Waals surface area contributed by atoms with Crippen LogP contribution in [0.2, 0.25) is 0 Å². The number of aromatic hydroxyl groups is 1. The molecular weight excluding hydrogens is 932 g/mol. The second kappa shape index (κ2) is 13.8. The highest BCUT2D eigenvalue weighted by Gasteiger charge is 2.77. The molecular formula is C39H24Br2Cl2F5N3O6. The first-order valence-electron chi connectivity index (χ1n) is 17.0. The summed E-state index contributed by atoms with van der Waals surface area (Å²) in [5, 5.41) is 14.0. The van der Waals surface area contributed by atoms with Crippen LogP contribution in [0.25, 0.3) is 0 Å². The third-order valence-corrected chi connectivity index (χ3v) is 14.7. The van der Waals surface area contributed by atoms with Gasteiger partial charge in [-0.1, -0.05) is 29.8 Å². The van der Waals surface area contributed by atoms with E-state index in [2.05, 4.69) is 37.2 Å². The van der Waals surface area contributed by atoms with E-state index in [4.69, 9.17) is 27.9 Å². The number of phenolic OH excluding ortho intramolecular Hbond substituents is 1. The lowest BCUT2D eigenvalue weighted by atomic mass is 9.56. The average molecular weight is 956 g/mol. The highest BCUT2D eigenvalue weighted by Crippen LogP contribution is 2.67. The Balaban J connectivity index is 1.27. The fraction of sp³-hybridized carbons (Fsp3) is 0.231. The van der Waals surface area contributed by atoms with E-state index in [1.54, 1.807) is 30.3 Å². The molecule has 8 rings (SSSR count). The molecule has 0 bridgehead atoms. The van der Waals surface area contributed by atoms with Gasteiger partial charge in [-0.05, 0) is 98.6 Å². The molecule has 57 heavy (non-hydrogen) atoms. The number of hydrogen-bond donors (Lipinski definition) is 2. The van der Waals surface area contributed by atoms with Gasteiger partial charge in [-0.15, -0.1) is 23.2 Å². The number of ether oxygens (including phenoxy) is 1. The van der Waals surface area contributed by atoms with Crippen molar-refractivity contribution in [2.45, 2.75) is 28.5 Å². The van der Waals surface area contributed by atoms with Crippen LogP contribution < -0.4 is 19.9 Å². The van der Waals surface area contributed by atoms with Gasteiger partial charge in [0.15, 0.2) is 44.5 Å². The molecule has 2 saturated heterocycles. The van der Waals surface area contributed by atoms with Gasteiger partial charge in [0.2, 0.25) is 17.6 Å². The Morgan fingerprint density at radius 2 is 1.39 bits per heavy atom. The van der Waals surface area contributed by atoms with Crippen LogP contribution in [0.5, 0.6) is 11.5 Å². The smallest absolute Gasteiger partial charge is 0.258 e. The molecule has 2 aliphatic heterocycles. The lowest BCUT2D eigenvalue weighted by Crippen LogP contribution is -2.60. The van der Waals surface area contributed by atoms with Crippen molar-refractivity contribution >= 4 is 101 Å². The molecule has 4 aromatic rings. The molecule has 0 spiro atoms. The van der Waals surface area contributed by atoms with Crippen molar-refractivity contribution in [1.82, 2.24) is 0 Å². The second-order valence-electron chi connectivity index (χ2n) is 13.9. The van der Waals surface area contributed by atoms with Gasteiger partial charge >= 0.3 is 0 Å². The number of imide groups is 2. The number of phenols is 1. The van der Waals surface area contributed by atoms with Crippen molar-refractivity contribution in [2.24, 2.45) is 17.8 Å². The Morgan fingerprint density at radius 1 is 0.789 bits per heavy atom. The molecule has 3 fully saturated rings. The first kappa shape index (κ1) is 39.3. The van der Waals surface area contributed by atoms with Crippen LogP contribution in [0, 0.1) is 46.8 Å². The van der Waals surface area contributed by atoms with Crippen LogP contribution in [0.4, 0.5) is 44.7 Å². The summed E-state index contributed by atoms with van der Waals surface area (Å²) in [7, 11) is 1.21. The molecule has 2 heterocycles. The van der Waals surface area contributed by atoms with E-state index >= 15 is 8.78 Å². The van der Waals surface area contributed by atoms with Gasteiger partial charge in [-0.3, -0.25) is 24.1 Å². The molecule has 4 aliphatic rings. The van der Waals surface area contributed by atoms with Gasteiger partial charge < -0.3 is 15.2 Å². The van der Waals surface area contributed by atoms with Gasteiger partial charge in [-0.2, -0.15) is 0 Å². The van der Waals surface area contributed by atoms with Gasteiger partial charge in [0.1, 0.15) is 5.69 Å². The van der Waals surface area contributed by atoms with Gasteiger partial charge in [0.25, 0.3) is 11.8 Å². The average Bonchev–Trinajstić information content (AvgIpc) is 3.54. The summed E-state index contributed by atoms with van der Waals surface area (Å²) in [6.45, 7) is 0. The lowest BCUT2D eigenvalue weighted by molar-refractivity contribution is -0.125. The van der Waals surface area contributed by atoms with E-state index in [0.29, 0.717) is 5.69 Å². The van der Waals surface area contributed by atoms with Crippen LogP contribution >= 0.6 is 55.1 Å². The normalized spacial score (nSPS) is 26.7. The number of allylic oxidation sites excluding steroid dienone is 2. The molecule has 18 heteroatoms. The SMILES string of the molecule is COc1cc(C2C3=CCC4C(=O)N(c5ccc(Nc6ccccc6)cc5)C(=O)C4C3CC3(Cl)C(=O)N(c4c(F)c(F)c(F)c(F)c4F)C(=O)C23Cl)c(Br)c(Br)c1O. The molecule has 294 valence electrons. The molecule has 2 aliphatic carbocycles. The minimum atomic E-state index is -2.78. The monoisotopic (exact) mass is 953 g/mol. The highest BCUT2D eigenvalue weighted by atomic mass is 79.9. The predicted octanol–water partition coefficient (Wildman–Crippen LogP) is 9.13. The van der Waals surface area contributed by atoms with E-state index in [1.807, 2.05) is 30.3 Å². The molecule has 6 atom stereocenters. The molecule has 1 saturated carbocycles. The second-order valence-corrected chi connectivity index (χ2v) is 16.7. The van der Waals surface area contributed by atoms with Crippen LogP contribution in [-0.4, -0.2) is 45.6 Å². The summed E-state index contributed by atoms with van der Waals surface area (Å²) in [4.78, 5) is 53.0. The number of nitrogens with zero attached hydrogens (tertiary/aromatic N) is 2. The Bertz CT molecular complexity index is 2470. The zero-order valence-corrected chi connectivity index (χ0v) is 33.5. The highest BCUT2D eigenvalue weighted by molar-refractivity contribution is 9.13. The number of methoxy groups -OCH3 is 1. The van der Waals surface area contributed by atoms with Gasteiger partial charge in [0, 0.05) is 21.8 Å². The Morgan fingerprint density at radius 3 is 2.00 bits per heavy atom. The number of rotatable bonds is 6. The molecule has 9 nitrogen and oxygen atoms in total. The van der Waals surface area contributed by atoms with Crippen molar-refractivity contribution in [2.75, 3.05) is 22.2 Å². The first-order chi connectivity index (χ1) is 27.0. The molecule has 4 amide bonds. The standard InChI is InChI=1S/C39H24Br2Cl2F5N3O6/c1-57-22-13-20(25(40)26(41)33(22)52)24-18-11-12-19-23(35(54)50(34(19)53)17-9-7-16(8-10-17)49-15-5-3-2-4-6-15)21(18)14-38(42)36(55)51(37(56)39(24,38)43)32-30(47)28(45)27(44)29(46)31(32)48/h2-11,13,19,21,23-24,49,52H,12,14H2,1H3. The summed E-state index contributed by atoms with van der Waals surface area (Å²) < 4.78 is 79.5. The summed E-state index contributed by atoms with van der Waals surface area (Å²) in [6, 6.07) is 17.0. The number of para-hydroxylation sites is 1. The lowest BCUT2D eigenvalue weighted by Gasteiger charge is -2.51. The summed E-state index contributed by atoms with van der Waals surface area (Å²) in [6.07, 6.45) is 0.817. The Kier molecular flexibility index (Phi) is 9.53. The number of hydrogen-bond acceptors (Lipinski definition) is 7. The zero-order chi connectivity index (χ0) is 41.0. The number of carbonyl (C=O) groups excluding carboxylic acids is 4. The number of anilines is 4. The number of halogens is 9. The third-order valence-electron chi connectivity index (χ3n) is 11.1. The fourth-order valence-electron chi connectivity index (χ4n) is 8.53. The molecule has 4 aromatic carbocycles. The summed E-state index contributed by atoms with van der Waals surface area (Å²) >= 11 is 21.1. The number of amides is 4. The Labute approximate surface area is 346 Å². The van der Waals surface area contributed by atoms with Crippen molar-refractivity contribution in [3.8, 4) is 11.5 Å². The number of fused-ring (bicyclic) bond motifs is 4. The van der Waals surface area contributed by atoms with Crippen molar-refractivity contribution in [3.05, 3.63) is 116 Å². The molecule has 2 N–H and O–H groups in total. The van der Waals surface area contributed by atoms with Crippen LogP contribution in [0.3, 0.4) is 0 Å². The number of benzene rings is 4. The van der Waals surface area contributed by atoms with Crippen molar-refractivity contribution in [3.63, 3.8) is 0 Å². The predicted molar refractivity (Wildman–Crippen MR) is 205 cm³/mol. The third kappa shape index (κ3) is 5.42. The first-order valence-corrected chi connectivity index (χ1v) is 19.4. The van der Waals surface area contributed by atoms with E-state index in [9.17, 15) is 37.5 Å². The van der Waals surface area contributed by atoms with E-state index in [1.165, 1.54) is 13.2 Å². The summed E-state index contributed by atoms with van der Waals surface area (Å²) in [5.41, 5.74) is 0.0290. The van der Waals surface area contributed by atoms with E-state index in [0.717, 1.165) is 10.6 Å². The fourth-order valence-corrected chi connectivity index (χ4v) is 10.4. The number of alkyl halides is 2. The molecule has 0 aromatic heterocycles. The largest absolute Gasteiger partial charge is 0.503 e. The maximum absolute atomic E-state index is 15.4. The van der Waals surface area contributed by atoms with E-state index < -0.39 is 104 Å². The quantitative estimate of drug-likeness (QED) is 0.0495. The maximum atomic E-state index is 15.4. The minimum Gasteiger partial charge on any atom is -0.503 e. The van der Waals surface area contributed by atoms with Crippen LogP contribution in [0.1, 0.15) is 24.3 Å².